The maximum atomic E-state index is 12.8. The van der Waals surface area contributed by atoms with Gasteiger partial charge in [-0.1, -0.05) is 30.3 Å². The third kappa shape index (κ3) is 6.76. The number of nitrogens with zero attached hydrogens (tertiary/aromatic N) is 2. The lowest BCUT2D eigenvalue weighted by Crippen LogP contribution is -2.34. The molecule has 1 aliphatic rings. The summed E-state index contributed by atoms with van der Waals surface area (Å²) < 4.78 is 39.2. The number of carbonyl (C=O) groups excluding carboxylic acids is 1. The second-order valence-electron chi connectivity index (χ2n) is 8.41. The third-order valence-electron chi connectivity index (χ3n) is 5.67. The number of alkyl halides is 3. The van der Waals surface area contributed by atoms with Crippen LogP contribution < -0.4 is 10.1 Å². The molecule has 0 bridgehead atoms. The first-order valence-electron chi connectivity index (χ1n) is 11.1. The number of methoxy groups -OCH3 is 1. The van der Waals surface area contributed by atoms with Crippen molar-refractivity contribution in [1.82, 2.24) is 14.9 Å². The van der Waals surface area contributed by atoms with Crippen LogP contribution in [0.4, 0.5) is 13.2 Å². The monoisotopic (exact) mass is 517 g/mol. The Hall–Kier alpha value is -4.12. The molecule has 1 aliphatic carbocycles. The van der Waals surface area contributed by atoms with E-state index in [1.54, 1.807) is 20.4 Å². The molecule has 2 atom stereocenters. The summed E-state index contributed by atoms with van der Waals surface area (Å²) in [6, 6.07) is 13.2. The van der Waals surface area contributed by atoms with Gasteiger partial charge in [0.05, 0.1) is 37.0 Å². The van der Waals surface area contributed by atoms with Crippen LogP contribution in [0, 0.1) is 6.92 Å². The van der Waals surface area contributed by atoms with Crippen LogP contribution in [0.2, 0.25) is 0 Å². The van der Waals surface area contributed by atoms with Gasteiger partial charge < -0.3 is 24.8 Å². The average molecular weight is 518 g/mol. The zero-order valence-corrected chi connectivity index (χ0v) is 20.3. The molecule has 2 aromatic carbocycles. The van der Waals surface area contributed by atoms with Crippen molar-refractivity contribution in [2.24, 2.45) is 0 Å². The fraction of sp³-hybridized carbons (Fsp3) is 0.269. The maximum absolute atomic E-state index is 12.8. The van der Waals surface area contributed by atoms with Gasteiger partial charge in [-0.3, -0.25) is 4.79 Å². The van der Waals surface area contributed by atoms with Gasteiger partial charge in [0.25, 0.3) is 0 Å². The Kier molecular flexibility index (Phi) is 8.38. The van der Waals surface area contributed by atoms with Crippen LogP contribution >= 0.6 is 0 Å². The van der Waals surface area contributed by atoms with Crippen molar-refractivity contribution in [3.63, 3.8) is 0 Å². The van der Waals surface area contributed by atoms with E-state index in [2.05, 4.69) is 10.3 Å². The van der Waals surface area contributed by atoms with E-state index >= 15 is 0 Å². The van der Waals surface area contributed by atoms with Gasteiger partial charge in [-0.2, -0.15) is 13.2 Å². The first-order valence-corrected chi connectivity index (χ1v) is 11.1. The summed E-state index contributed by atoms with van der Waals surface area (Å²) >= 11 is 0. The van der Waals surface area contributed by atoms with Crippen molar-refractivity contribution in [1.29, 1.82) is 0 Å². The molecule has 11 heteroatoms. The van der Waals surface area contributed by atoms with Gasteiger partial charge >= 0.3 is 12.1 Å². The molecule has 0 unspecified atom stereocenters. The minimum absolute atomic E-state index is 0.205. The van der Waals surface area contributed by atoms with Crippen LogP contribution in [0.1, 0.15) is 35.3 Å². The Labute approximate surface area is 211 Å². The van der Waals surface area contributed by atoms with Gasteiger partial charge in [-0.05, 0) is 48.7 Å². The Bertz CT molecular complexity index is 1320. The fourth-order valence-electron chi connectivity index (χ4n) is 3.87. The van der Waals surface area contributed by atoms with Crippen molar-refractivity contribution >= 4 is 18.0 Å². The number of halogens is 3. The summed E-state index contributed by atoms with van der Waals surface area (Å²) in [4.78, 5) is 25.9. The molecule has 4 rings (SSSR count). The Morgan fingerprint density at radius 1 is 1.22 bits per heavy atom. The molecule has 1 aromatic heterocycles. The fourth-order valence-corrected chi connectivity index (χ4v) is 3.87. The van der Waals surface area contributed by atoms with Crippen molar-refractivity contribution < 1.29 is 37.7 Å². The van der Waals surface area contributed by atoms with Crippen molar-refractivity contribution in [3.8, 4) is 11.4 Å². The van der Waals surface area contributed by atoms with Crippen LogP contribution in [-0.4, -0.2) is 51.0 Å². The number of carboxylic acid groups (broad SMARTS) is 1. The van der Waals surface area contributed by atoms with Crippen LogP contribution in [0.15, 0.2) is 60.6 Å². The van der Waals surface area contributed by atoms with Crippen molar-refractivity contribution in [2.45, 2.75) is 38.6 Å². The van der Waals surface area contributed by atoms with E-state index in [0.717, 1.165) is 28.1 Å². The van der Waals surface area contributed by atoms with Gasteiger partial charge in [-0.15, -0.1) is 0 Å². The average Bonchev–Trinajstić information content (AvgIpc) is 3.41. The number of aliphatic hydroxyl groups is 1. The summed E-state index contributed by atoms with van der Waals surface area (Å²) in [6.45, 7) is 3.70. The molecule has 0 saturated heterocycles. The highest BCUT2D eigenvalue weighted by Crippen LogP contribution is 2.31. The molecular formula is C26H26F3N3O5. The normalized spacial score (nSPS) is 16.9. The molecule has 196 valence electrons. The van der Waals surface area contributed by atoms with Gasteiger partial charge in [0.1, 0.15) is 5.75 Å². The lowest BCUT2D eigenvalue weighted by Gasteiger charge is -2.18. The van der Waals surface area contributed by atoms with Crippen LogP contribution in [0.3, 0.4) is 0 Å². The van der Waals surface area contributed by atoms with E-state index in [9.17, 15) is 23.1 Å². The van der Waals surface area contributed by atoms with Gasteiger partial charge in [-0.25, -0.2) is 9.78 Å². The summed E-state index contributed by atoms with van der Waals surface area (Å²) in [6.07, 6.45) is 0.338. The number of aliphatic carboxylic acids is 1. The standard InChI is InChI=1S/C24H25N3O3.C2HF3O2/c1-15(24(29)26-23-19-7-5-4-6-18(19)12-21(23)28)10-17-8-9-20(22(11-17)30-3)27-13-16(2)25-14-27;3-2(4,5)1(6)7/h4-11,13-14,21,23,28H,12H2,1-3H3,(H,26,29);(H,6,7)/t21-,23+;/m0./s1. The highest BCUT2D eigenvalue weighted by Gasteiger charge is 2.38. The van der Waals surface area contributed by atoms with E-state index in [0.29, 0.717) is 17.7 Å². The smallest absolute Gasteiger partial charge is 0.490 e. The number of hydrogen-bond donors (Lipinski definition) is 3. The zero-order chi connectivity index (χ0) is 27.3. The highest BCUT2D eigenvalue weighted by atomic mass is 19.4. The second kappa shape index (κ2) is 11.3. The van der Waals surface area contributed by atoms with E-state index in [1.807, 2.05) is 66.2 Å². The third-order valence-corrected chi connectivity index (χ3v) is 5.67. The lowest BCUT2D eigenvalue weighted by molar-refractivity contribution is -0.192. The van der Waals surface area contributed by atoms with E-state index < -0.39 is 24.3 Å². The molecule has 1 amide bonds. The second-order valence-corrected chi connectivity index (χ2v) is 8.41. The number of carbonyl (C=O) groups is 2. The Morgan fingerprint density at radius 2 is 1.89 bits per heavy atom. The number of ether oxygens (including phenoxy) is 1. The van der Waals surface area contributed by atoms with Gasteiger partial charge in [0, 0.05) is 18.2 Å². The number of fused-ring (bicyclic) bond motifs is 1. The topological polar surface area (TPSA) is 114 Å². The molecule has 8 nitrogen and oxygen atoms in total. The number of rotatable bonds is 5. The molecule has 3 N–H and O–H groups in total. The number of imidazole rings is 1. The van der Waals surface area contributed by atoms with Gasteiger partial charge in [0.2, 0.25) is 5.91 Å². The van der Waals surface area contributed by atoms with Crippen LogP contribution in [-0.2, 0) is 16.0 Å². The molecule has 0 saturated carbocycles. The number of aryl methyl sites for hydroxylation is 1. The SMILES string of the molecule is COc1cc(C=C(C)C(=O)N[C@@H]2c3ccccc3C[C@@H]2O)ccc1-n1cnc(C)c1.O=C(O)C(F)(F)F. The number of nitrogens with one attached hydrogen (secondary N) is 1. The van der Waals surface area contributed by atoms with Crippen LogP contribution in [0.25, 0.3) is 11.8 Å². The predicted molar refractivity (Wildman–Crippen MR) is 129 cm³/mol. The molecule has 0 spiro atoms. The van der Waals surface area contributed by atoms with Crippen LogP contribution in [0.5, 0.6) is 5.75 Å². The minimum atomic E-state index is -5.08. The van der Waals surface area contributed by atoms with Crippen molar-refractivity contribution in [3.05, 3.63) is 82.9 Å². The Morgan fingerprint density at radius 3 is 2.49 bits per heavy atom. The molecule has 37 heavy (non-hydrogen) atoms. The van der Waals surface area contributed by atoms with Gasteiger partial charge in [0.15, 0.2) is 0 Å². The van der Waals surface area contributed by atoms with Crippen molar-refractivity contribution in [2.75, 3.05) is 7.11 Å². The minimum Gasteiger partial charge on any atom is -0.495 e. The quantitative estimate of drug-likeness (QED) is 0.441. The molecule has 0 aliphatic heterocycles. The molecule has 0 fully saturated rings. The number of carboxylic acids is 1. The summed E-state index contributed by atoms with van der Waals surface area (Å²) in [5.74, 6) is -2.27. The summed E-state index contributed by atoms with van der Waals surface area (Å²) in [5, 5.41) is 20.5. The molecule has 3 aromatic rings. The maximum Gasteiger partial charge on any atom is 0.490 e. The number of hydrogen-bond acceptors (Lipinski definition) is 5. The number of amides is 1. The van der Waals surface area contributed by atoms with E-state index in [4.69, 9.17) is 14.6 Å². The molecule has 1 heterocycles. The largest absolute Gasteiger partial charge is 0.495 e. The van der Waals surface area contributed by atoms with E-state index in [-0.39, 0.29) is 5.91 Å². The van der Waals surface area contributed by atoms with E-state index in [1.165, 1.54) is 0 Å². The lowest BCUT2D eigenvalue weighted by atomic mass is 10.1. The first kappa shape index (κ1) is 27.5. The number of aromatic nitrogens is 2. The number of benzene rings is 2. The summed E-state index contributed by atoms with van der Waals surface area (Å²) in [7, 11) is 1.62. The zero-order valence-electron chi connectivity index (χ0n) is 20.3. The number of aliphatic hydroxyl groups excluding tert-OH is 1. The first-order chi connectivity index (χ1) is 17.4. The predicted octanol–water partition coefficient (Wildman–Crippen LogP) is 4.00. The molecule has 0 radical (unpaired) electrons. The molecular weight excluding hydrogens is 491 g/mol. The highest BCUT2D eigenvalue weighted by molar-refractivity contribution is 5.97. The Balaban J connectivity index is 0.000000479. The summed E-state index contributed by atoms with van der Waals surface area (Å²) in [5.41, 5.74) is 5.26.